The predicted octanol–water partition coefficient (Wildman–Crippen LogP) is 0.904. The van der Waals surface area contributed by atoms with Gasteiger partial charge in [-0.2, -0.15) is 10.1 Å². The maximum absolute atomic E-state index is 10.9. The molecule has 94 valence electrons. The number of hydrogen-bond acceptors (Lipinski definition) is 7. The fraction of sp³-hybridized carbons (Fsp3) is 0.222. The third kappa shape index (κ3) is 2.34. The molecule has 9 nitrogen and oxygen atoms in total. The van der Waals surface area contributed by atoms with Gasteiger partial charge in [-0.25, -0.2) is 4.98 Å². The molecule has 0 aromatic carbocycles. The molecule has 0 fully saturated rings. The van der Waals surface area contributed by atoms with E-state index in [1.165, 1.54) is 0 Å². The van der Waals surface area contributed by atoms with Crippen molar-refractivity contribution in [1.29, 1.82) is 0 Å². The zero-order valence-electron chi connectivity index (χ0n) is 9.78. The first kappa shape index (κ1) is 11.8. The number of aryl methyl sites for hydroxylation is 1. The monoisotopic (exact) mass is 249 g/mol. The first-order valence-corrected chi connectivity index (χ1v) is 5.05. The van der Waals surface area contributed by atoms with Crippen LogP contribution < -0.4 is 10.6 Å². The highest BCUT2D eigenvalue weighted by Crippen LogP contribution is 2.25. The average Bonchev–Trinajstić information content (AvgIpc) is 2.74. The smallest absolute Gasteiger partial charge is 0.329 e. The highest BCUT2D eigenvalue weighted by Gasteiger charge is 2.17. The summed E-state index contributed by atoms with van der Waals surface area (Å²) in [5, 5.41) is 20.4. The van der Waals surface area contributed by atoms with Gasteiger partial charge >= 0.3 is 5.69 Å². The van der Waals surface area contributed by atoms with Gasteiger partial charge in [0, 0.05) is 20.3 Å². The Morgan fingerprint density at radius 1 is 1.44 bits per heavy atom. The molecule has 0 bridgehead atoms. The van der Waals surface area contributed by atoms with Gasteiger partial charge in [0.1, 0.15) is 6.20 Å². The number of anilines is 3. The lowest BCUT2D eigenvalue weighted by Crippen LogP contribution is -2.04. The van der Waals surface area contributed by atoms with E-state index >= 15 is 0 Å². The molecule has 9 heteroatoms. The topological polar surface area (TPSA) is 111 Å². The second-order valence-corrected chi connectivity index (χ2v) is 3.46. The van der Waals surface area contributed by atoms with Gasteiger partial charge in [-0.15, -0.1) is 0 Å². The van der Waals surface area contributed by atoms with Gasteiger partial charge < -0.3 is 10.6 Å². The Bertz CT molecular complexity index is 580. The average molecular weight is 249 g/mol. The van der Waals surface area contributed by atoms with Crippen molar-refractivity contribution in [3.63, 3.8) is 0 Å². The van der Waals surface area contributed by atoms with Crippen LogP contribution in [0.3, 0.4) is 0 Å². The summed E-state index contributed by atoms with van der Waals surface area (Å²) >= 11 is 0. The Morgan fingerprint density at radius 2 is 2.22 bits per heavy atom. The van der Waals surface area contributed by atoms with Gasteiger partial charge in [0.15, 0.2) is 0 Å². The van der Waals surface area contributed by atoms with E-state index in [9.17, 15) is 10.1 Å². The fourth-order valence-electron chi connectivity index (χ4n) is 1.34. The Kier molecular flexibility index (Phi) is 3.04. The molecular formula is C9H11N7O2. The van der Waals surface area contributed by atoms with Crippen LogP contribution in [0.1, 0.15) is 0 Å². The zero-order chi connectivity index (χ0) is 13.1. The molecule has 0 saturated heterocycles. The van der Waals surface area contributed by atoms with Crippen molar-refractivity contribution < 1.29 is 4.92 Å². The molecule has 2 N–H and O–H groups in total. The molecule has 18 heavy (non-hydrogen) atoms. The summed E-state index contributed by atoms with van der Waals surface area (Å²) in [6.45, 7) is 0. The molecule has 0 atom stereocenters. The predicted molar refractivity (Wildman–Crippen MR) is 64.7 cm³/mol. The first-order chi connectivity index (χ1) is 8.60. The normalized spacial score (nSPS) is 10.1. The van der Waals surface area contributed by atoms with Crippen molar-refractivity contribution in [2.45, 2.75) is 0 Å². The molecule has 0 aliphatic carbocycles. The van der Waals surface area contributed by atoms with Crippen LogP contribution >= 0.6 is 0 Å². The van der Waals surface area contributed by atoms with Crippen LogP contribution in [0, 0.1) is 10.1 Å². The quantitative estimate of drug-likeness (QED) is 0.611. The van der Waals surface area contributed by atoms with Gasteiger partial charge in [0.25, 0.3) is 0 Å². The lowest BCUT2D eigenvalue weighted by Gasteiger charge is -2.05. The van der Waals surface area contributed by atoms with Crippen molar-refractivity contribution in [2.24, 2.45) is 7.05 Å². The van der Waals surface area contributed by atoms with Gasteiger partial charge in [-0.05, 0) is 0 Å². The van der Waals surface area contributed by atoms with E-state index < -0.39 is 4.92 Å². The highest BCUT2D eigenvalue weighted by molar-refractivity contribution is 5.65. The molecule has 0 saturated carbocycles. The van der Waals surface area contributed by atoms with Crippen molar-refractivity contribution in [3.05, 3.63) is 28.7 Å². The summed E-state index contributed by atoms with van der Waals surface area (Å²) in [6, 6.07) is 0. The fourth-order valence-corrected chi connectivity index (χ4v) is 1.34. The number of nitro groups is 1. The van der Waals surface area contributed by atoms with E-state index in [4.69, 9.17) is 0 Å². The van der Waals surface area contributed by atoms with Crippen molar-refractivity contribution in [1.82, 2.24) is 19.7 Å². The minimum atomic E-state index is -0.544. The lowest BCUT2D eigenvalue weighted by molar-refractivity contribution is -0.384. The highest BCUT2D eigenvalue weighted by atomic mass is 16.6. The molecule has 0 radical (unpaired) electrons. The first-order valence-electron chi connectivity index (χ1n) is 5.05. The zero-order valence-corrected chi connectivity index (χ0v) is 9.78. The Balaban J connectivity index is 2.37. The SMILES string of the molecule is CNc1ncc([N+](=O)[O-])c(Nc2cnn(C)c2)n1. The van der Waals surface area contributed by atoms with Gasteiger partial charge in [-0.3, -0.25) is 14.8 Å². The van der Waals surface area contributed by atoms with E-state index in [0.717, 1.165) is 6.20 Å². The van der Waals surface area contributed by atoms with Crippen LogP contribution in [0.4, 0.5) is 23.1 Å². The number of hydrogen-bond donors (Lipinski definition) is 2. The van der Waals surface area contributed by atoms with Crippen LogP contribution in [0.2, 0.25) is 0 Å². The number of nitrogens with one attached hydrogen (secondary N) is 2. The van der Waals surface area contributed by atoms with Crippen LogP contribution in [0.25, 0.3) is 0 Å². The Hall–Kier alpha value is -2.71. The molecule has 0 unspecified atom stereocenters. The standard InChI is InChI=1S/C9H11N7O2/c1-10-9-11-4-7(16(17)18)8(14-9)13-6-3-12-15(2)5-6/h3-5H,1-2H3,(H2,10,11,13,14). The van der Waals surface area contributed by atoms with Gasteiger partial charge in [-0.1, -0.05) is 0 Å². The third-order valence-electron chi connectivity index (χ3n) is 2.16. The van der Waals surface area contributed by atoms with Crippen molar-refractivity contribution in [2.75, 3.05) is 17.7 Å². The number of nitrogens with zero attached hydrogens (tertiary/aromatic N) is 5. The molecule has 0 spiro atoms. The lowest BCUT2D eigenvalue weighted by atomic mass is 10.4. The third-order valence-corrected chi connectivity index (χ3v) is 2.16. The minimum Gasteiger partial charge on any atom is -0.357 e. The minimum absolute atomic E-state index is 0.118. The van der Waals surface area contributed by atoms with Crippen LogP contribution in [0.5, 0.6) is 0 Å². The van der Waals surface area contributed by atoms with E-state index in [1.54, 1.807) is 31.2 Å². The van der Waals surface area contributed by atoms with E-state index in [2.05, 4.69) is 25.7 Å². The van der Waals surface area contributed by atoms with Crippen LogP contribution in [-0.4, -0.2) is 31.7 Å². The maximum atomic E-state index is 10.9. The summed E-state index contributed by atoms with van der Waals surface area (Å²) in [6.07, 6.45) is 4.38. The van der Waals surface area contributed by atoms with E-state index in [-0.39, 0.29) is 11.5 Å². The maximum Gasteiger partial charge on any atom is 0.329 e. The van der Waals surface area contributed by atoms with Gasteiger partial charge in [0.05, 0.1) is 16.8 Å². The largest absolute Gasteiger partial charge is 0.357 e. The van der Waals surface area contributed by atoms with Crippen LogP contribution in [-0.2, 0) is 7.05 Å². The van der Waals surface area contributed by atoms with E-state index in [1.807, 2.05) is 0 Å². The molecule has 2 aromatic heterocycles. The summed E-state index contributed by atoms with van der Waals surface area (Å²) in [5.41, 5.74) is 0.416. The molecule has 0 aliphatic rings. The molecular weight excluding hydrogens is 238 g/mol. The molecule has 0 amide bonds. The van der Waals surface area contributed by atoms with Crippen molar-refractivity contribution >= 4 is 23.1 Å². The molecule has 2 aromatic rings. The summed E-state index contributed by atoms with van der Waals surface area (Å²) in [5.74, 6) is 0.416. The molecule has 2 rings (SSSR count). The summed E-state index contributed by atoms with van der Waals surface area (Å²) < 4.78 is 1.58. The summed E-state index contributed by atoms with van der Waals surface area (Å²) in [7, 11) is 3.38. The number of aromatic nitrogens is 4. The Labute approximate surface area is 102 Å². The number of rotatable bonds is 4. The van der Waals surface area contributed by atoms with Gasteiger partial charge in [0.2, 0.25) is 11.8 Å². The second-order valence-electron chi connectivity index (χ2n) is 3.46. The second kappa shape index (κ2) is 4.65. The van der Waals surface area contributed by atoms with E-state index in [0.29, 0.717) is 11.6 Å². The van der Waals surface area contributed by atoms with Crippen LogP contribution in [0.15, 0.2) is 18.6 Å². The Morgan fingerprint density at radius 3 is 2.78 bits per heavy atom. The van der Waals surface area contributed by atoms with Crippen molar-refractivity contribution in [3.8, 4) is 0 Å². The summed E-state index contributed by atoms with van der Waals surface area (Å²) in [4.78, 5) is 18.1. The molecule has 2 heterocycles. The molecule has 0 aliphatic heterocycles.